The van der Waals surface area contributed by atoms with Gasteiger partial charge in [0.1, 0.15) is 5.76 Å². The topological polar surface area (TPSA) is 37.6 Å². The summed E-state index contributed by atoms with van der Waals surface area (Å²) in [5, 5.41) is 3.43. The Bertz CT molecular complexity index is 368. The highest BCUT2D eigenvalue weighted by atomic mass is 16.5. The Hall–Kier alpha value is -0.840. The van der Waals surface area contributed by atoms with Gasteiger partial charge in [0.05, 0.1) is 25.0 Å². The van der Waals surface area contributed by atoms with Gasteiger partial charge in [-0.2, -0.15) is 0 Å². The maximum Gasteiger partial charge on any atom is 0.122 e. The molecule has 1 aromatic rings. The summed E-state index contributed by atoms with van der Waals surface area (Å²) in [6, 6.07) is 2.07. The molecule has 2 heterocycles. The second kappa shape index (κ2) is 7.08. The second-order valence-electron chi connectivity index (χ2n) is 5.50. The molecule has 108 valence electrons. The third-order valence-corrected chi connectivity index (χ3v) is 3.44. The van der Waals surface area contributed by atoms with E-state index in [0.29, 0.717) is 12.2 Å². The van der Waals surface area contributed by atoms with Crippen LogP contribution in [0.15, 0.2) is 16.7 Å². The Morgan fingerprint density at radius 3 is 2.74 bits per heavy atom. The SMILES string of the molecule is CCCNCc1ccoc1CN1CC(C)OC(C)C1. The van der Waals surface area contributed by atoms with Gasteiger partial charge in [-0.3, -0.25) is 4.90 Å². The van der Waals surface area contributed by atoms with Crippen LogP contribution in [0.4, 0.5) is 0 Å². The van der Waals surface area contributed by atoms with Crippen molar-refractivity contribution in [2.45, 2.75) is 52.5 Å². The van der Waals surface area contributed by atoms with Crippen molar-refractivity contribution in [1.29, 1.82) is 0 Å². The molecule has 0 aromatic carbocycles. The minimum absolute atomic E-state index is 0.306. The van der Waals surface area contributed by atoms with Crippen molar-refractivity contribution in [2.75, 3.05) is 19.6 Å². The first-order chi connectivity index (χ1) is 9.19. The van der Waals surface area contributed by atoms with Crippen LogP contribution in [0.5, 0.6) is 0 Å². The van der Waals surface area contributed by atoms with Crippen LogP contribution >= 0.6 is 0 Å². The monoisotopic (exact) mass is 266 g/mol. The number of rotatable bonds is 6. The Kier molecular flexibility index (Phi) is 5.43. The molecule has 2 unspecified atom stereocenters. The number of nitrogens with one attached hydrogen (secondary N) is 1. The van der Waals surface area contributed by atoms with Crippen LogP contribution < -0.4 is 5.32 Å². The van der Waals surface area contributed by atoms with Gasteiger partial charge >= 0.3 is 0 Å². The maximum atomic E-state index is 5.76. The molecule has 0 bridgehead atoms. The molecule has 1 aliphatic rings. The number of hydrogen-bond donors (Lipinski definition) is 1. The van der Waals surface area contributed by atoms with Crippen molar-refractivity contribution in [2.24, 2.45) is 0 Å². The molecule has 2 atom stereocenters. The average molecular weight is 266 g/mol. The molecule has 4 nitrogen and oxygen atoms in total. The summed E-state index contributed by atoms with van der Waals surface area (Å²) in [6.07, 6.45) is 3.57. The third-order valence-electron chi connectivity index (χ3n) is 3.44. The van der Waals surface area contributed by atoms with E-state index >= 15 is 0 Å². The van der Waals surface area contributed by atoms with Crippen molar-refractivity contribution in [3.05, 3.63) is 23.7 Å². The largest absolute Gasteiger partial charge is 0.468 e. The lowest BCUT2D eigenvalue weighted by Gasteiger charge is -2.34. The van der Waals surface area contributed by atoms with Crippen molar-refractivity contribution in [3.63, 3.8) is 0 Å². The first-order valence-electron chi connectivity index (χ1n) is 7.32. The van der Waals surface area contributed by atoms with Crippen LogP contribution in [-0.2, 0) is 17.8 Å². The van der Waals surface area contributed by atoms with Crippen LogP contribution in [0.1, 0.15) is 38.5 Å². The lowest BCUT2D eigenvalue weighted by molar-refractivity contribution is -0.0719. The fraction of sp³-hybridized carbons (Fsp3) is 0.733. The first-order valence-corrected chi connectivity index (χ1v) is 7.32. The van der Waals surface area contributed by atoms with Crippen molar-refractivity contribution in [1.82, 2.24) is 10.2 Å². The van der Waals surface area contributed by atoms with E-state index in [4.69, 9.17) is 9.15 Å². The highest BCUT2D eigenvalue weighted by Crippen LogP contribution is 2.17. The summed E-state index contributed by atoms with van der Waals surface area (Å²) in [7, 11) is 0. The lowest BCUT2D eigenvalue weighted by atomic mass is 10.2. The zero-order valence-corrected chi connectivity index (χ0v) is 12.3. The standard InChI is InChI=1S/C15H26N2O2/c1-4-6-16-8-14-5-7-18-15(14)11-17-9-12(2)19-13(3)10-17/h5,7,12-13,16H,4,6,8-11H2,1-3H3. The highest BCUT2D eigenvalue weighted by molar-refractivity contribution is 5.16. The molecule has 0 saturated carbocycles. The molecular formula is C15H26N2O2. The second-order valence-corrected chi connectivity index (χ2v) is 5.50. The molecular weight excluding hydrogens is 240 g/mol. The summed E-state index contributed by atoms with van der Waals surface area (Å²) >= 11 is 0. The number of furan rings is 1. The number of morpholine rings is 1. The van der Waals surface area contributed by atoms with Crippen LogP contribution in [0.2, 0.25) is 0 Å². The molecule has 4 heteroatoms. The predicted molar refractivity (Wildman–Crippen MR) is 76.0 cm³/mol. The molecule has 1 aliphatic heterocycles. The normalized spacial score (nSPS) is 24.8. The molecule has 0 radical (unpaired) electrons. The van der Waals surface area contributed by atoms with Gasteiger partial charge in [0.15, 0.2) is 0 Å². The summed E-state index contributed by atoms with van der Waals surface area (Å²) < 4.78 is 11.4. The molecule has 1 N–H and O–H groups in total. The van der Waals surface area contributed by atoms with E-state index in [1.54, 1.807) is 6.26 Å². The summed E-state index contributed by atoms with van der Waals surface area (Å²) in [4.78, 5) is 2.42. The first kappa shape index (κ1) is 14.6. The lowest BCUT2D eigenvalue weighted by Crippen LogP contribution is -2.44. The van der Waals surface area contributed by atoms with E-state index in [9.17, 15) is 0 Å². The summed E-state index contributed by atoms with van der Waals surface area (Å²) in [5.74, 6) is 1.09. The predicted octanol–water partition coefficient (Wildman–Crippen LogP) is 2.39. The molecule has 19 heavy (non-hydrogen) atoms. The van der Waals surface area contributed by atoms with Crippen molar-refractivity contribution < 1.29 is 9.15 Å². The fourth-order valence-electron chi connectivity index (χ4n) is 2.68. The molecule has 1 fully saturated rings. The van der Waals surface area contributed by atoms with E-state index in [-0.39, 0.29) is 0 Å². The van der Waals surface area contributed by atoms with E-state index in [0.717, 1.165) is 44.9 Å². The van der Waals surface area contributed by atoms with Gasteiger partial charge in [-0.25, -0.2) is 0 Å². The molecule has 1 saturated heterocycles. The summed E-state index contributed by atoms with van der Waals surface area (Å²) in [5.41, 5.74) is 1.28. The average Bonchev–Trinajstić information content (AvgIpc) is 2.76. The van der Waals surface area contributed by atoms with Gasteiger partial charge < -0.3 is 14.5 Å². The molecule has 0 aliphatic carbocycles. The number of ether oxygens (including phenoxy) is 1. The van der Waals surface area contributed by atoms with Crippen LogP contribution in [0.3, 0.4) is 0 Å². The van der Waals surface area contributed by atoms with Gasteiger partial charge in [0.2, 0.25) is 0 Å². The van der Waals surface area contributed by atoms with Gasteiger partial charge in [0, 0.05) is 25.2 Å². The van der Waals surface area contributed by atoms with Crippen LogP contribution in [0, 0.1) is 0 Å². The van der Waals surface area contributed by atoms with Crippen molar-refractivity contribution >= 4 is 0 Å². The Labute approximate surface area is 116 Å². The van der Waals surface area contributed by atoms with Gasteiger partial charge in [0.25, 0.3) is 0 Å². The van der Waals surface area contributed by atoms with Crippen LogP contribution in [-0.4, -0.2) is 36.7 Å². The molecule has 0 spiro atoms. The molecule has 2 rings (SSSR count). The van der Waals surface area contributed by atoms with Gasteiger partial charge in [-0.05, 0) is 32.9 Å². The minimum Gasteiger partial charge on any atom is -0.468 e. The van der Waals surface area contributed by atoms with E-state index in [2.05, 4.69) is 37.1 Å². The minimum atomic E-state index is 0.306. The molecule has 1 aromatic heterocycles. The van der Waals surface area contributed by atoms with E-state index < -0.39 is 0 Å². The van der Waals surface area contributed by atoms with Gasteiger partial charge in [-0.15, -0.1) is 0 Å². The quantitative estimate of drug-likeness (QED) is 0.802. The van der Waals surface area contributed by atoms with E-state index in [1.807, 2.05) is 0 Å². The third kappa shape index (κ3) is 4.34. The zero-order valence-electron chi connectivity index (χ0n) is 12.3. The molecule has 0 amide bonds. The number of hydrogen-bond acceptors (Lipinski definition) is 4. The van der Waals surface area contributed by atoms with E-state index in [1.165, 1.54) is 5.56 Å². The Morgan fingerprint density at radius 1 is 1.32 bits per heavy atom. The van der Waals surface area contributed by atoms with Crippen LogP contribution in [0.25, 0.3) is 0 Å². The highest BCUT2D eigenvalue weighted by Gasteiger charge is 2.23. The van der Waals surface area contributed by atoms with Gasteiger partial charge in [-0.1, -0.05) is 6.92 Å². The Balaban J connectivity index is 1.89. The Morgan fingerprint density at radius 2 is 2.05 bits per heavy atom. The fourth-order valence-corrected chi connectivity index (χ4v) is 2.68. The summed E-state index contributed by atoms with van der Waals surface area (Å²) in [6.45, 7) is 11.2. The maximum absolute atomic E-state index is 5.76. The zero-order chi connectivity index (χ0) is 13.7. The van der Waals surface area contributed by atoms with Crippen molar-refractivity contribution in [3.8, 4) is 0 Å². The smallest absolute Gasteiger partial charge is 0.122 e. The number of nitrogens with zero attached hydrogens (tertiary/aromatic N) is 1.